The third-order valence-corrected chi connectivity index (χ3v) is 5.66. The van der Waals surface area contributed by atoms with Gasteiger partial charge in [-0.25, -0.2) is 13.1 Å². The van der Waals surface area contributed by atoms with Crippen molar-refractivity contribution in [3.8, 4) is 0 Å². The van der Waals surface area contributed by atoms with Crippen molar-refractivity contribution in [1.82, 2.24) is 10.0 Å². The van der Waals surface area contributed by atoms with Gasteiger partial charge in [0.05, 0.1) is 17.5 Å². The lowest BCUT2D eigenvalue weighted by Crippen LogP contribution is -2.39. The molecule has 140 valence electrons. The Kier molecular flexibility index (Phi) is 7.37. The second kappa shape index (κ2) is 9.28. The first-order valence-electron chi connectivity index (χ1n) is 8.46. The molecule has 0 radical (unpaired) electrons. The molecule has 0 saturated carbocycles. The Morgan fingerprint density at radius 3 is 2.72 bits per heavy atom. The van der Waals surface area contributed by atoms with Gasteiger partial charge in [0.2, 0.25) is 10.0 Å². The average molecular weight is 370 g/mol. The Hall–Kier alpha value is -1.48. The molecule has 0 bridgehead atoms. The Morgan fingerprint density at radius 1 is 1.36 bits per heavy atom. The van der Waals surface area contributed by atoms with Crippen LogP contribution in [0.5, 0.6) is 0 Å². The van der Waals surface area contributed by atoms with Gasteiger partial charge in [0.15, 0.2) is 0 Å². The van der Waals surface area contributed by atoms with E-state index in [2.05, 4.69) is 10.0 Å². The lowest BCUT2D eigenvalue weighted by atomic mass is 10.1. The molecule has 1 aromatic carbocycles. The number of carbonyl (C=O) groups is 1. The minimum atomic E-state index is -3.67. The number of hydrogen-bond acceptors (Lipinski definition) is 5. The quantitative estimate of drug-likeness (QED) is 0.719. The van der Waals surface area contributed by atoms with E-state index >= 15 is 0 Å². The van der Waals surface area contributed by atoms with Crippen molar-refractivity contribution in [1.29, 1.82) is 0 Å². The van der Waals surface area contributed by atoms with E-state index in [4.69, 9.17) is 9.47 Å². The van der Waals surface area contributed by atoms with Gasteiger partial charge in [0, 0.05) is 31.9 Å². The van der Waals surface area contributed by atoms with Crippen LogP contribution in [0.15, 0.2) is 29.2 Å². The summed E-state index contributed by atoms with van der Waals surface area (Å²) in [7, 11) is -2.10. The molecule has 7 nitrogen and oxygen atoms in total. The molecule has 0 aliphatic carbocycles. The van der Waals surface area contributed by atoms with Gasteiger partial charge in [-0.3, -0.25) is 4.79 Å². The van der Waals surface area contributed by atoms with Crippen LogP contribution in [0.3, 0.4) is 0 Å². The van der Waals surface area contributed by atoms with Gasteiger partial charge in [-0.15, -0.1) is 0 Å². The van der Waals surface area contributed by atoms with Gasteiger partial charge in [-0.2, -0.15) is 0 Å². The standard InChI is InChI=1S/C17H26N2O5S/c1-3-14(12-23-2)18-17(20)13-5-4-6-16(11-13)25(21,22)19-15-7-9-24-10-8-15/h4-6,11,14-15,19H,3,7-10,12H2,1-2H3,(H,18,20)/t14-/m1/s1. The highest BCUT2D eigenvalue weighted by Crippen LogP contribution is 2.15. The summed E-state index contributed by atoms with van der Waals surface area (Å²) >= 11 is 0. The van der Waals surface area contributed by atoms with Gasteiger partial charge in [-0.05, 0) is 37.5 Å². The van der Waals surface area contributed by atoms with Crippen LogP contribution in [0.4, 0.5) is 0 Å². The minimum absolute atomic E-state index is 0.0893. The van der Waals surface area contributed by atoms with Crippen molar-refractivity contribution in [3.63, 3.8) is 0 Å². The third-order valence-electron chi connectivity index (χ3n) is 4.15. The van der Waals surface area contributed by atoms with Crippen molar-refractivity contribution >= 4 is 15.9 Å². The lowest BCUT2D eigenvalue weighted by molar-refractivity contribution is 0.0832. The zero-order valence-electron chi connectivity index (χ0n) is 14.7. The van der Waals surface area contributed by atoms with E-state index in [9.17, 15) is 13.2 Å². The lowest BCUT2D eigenvalue weighted by Gasteiger charge is -2.23. The smallest absolute Gasteiger partial charge is 0.251 e. The molecule has 2 N–H and O–H groups in total. The van der Waals surface area contributed by atoms with E-state index in [0.717, 1.165) is 6.42 Å². The molecule has 1 aliphatic rings. The Morgan fingerprint density at radius 2 is 2.08 bits per heavy atom. The first kappa shape index (κ1) is 19.8. The second-order valence-electron chi connectivity index (χ2n) is 6.07. The Labute approximate surface area is 149 Å². The maximum atomic E-state index is 12.6. The van der Waals surface area contributed by atoms with E-state index < -0.39 is 10.0 Å². The largest absolute Gasteiger partial charge is 0.383 e. The maximum absolute atomic E-state index is 12.6. The second-order valence-corrected chi connectivity index (χ2v) is 7.78. The summed E-state index contributed by atoms with van der Waals surface area (Å²) in [6, 6.07) is 5.81. The van der Waals surface area contributed by atoms with E-state index in [-0.39, 0.29) is 22.9 Å². The summed E-state index contributed by atoms with van der Waals surface area (Å²) in [6.45, 7) is 3.45. The summed E-state index contributed by atoms with van der Waals surface area (Å²) in [5.41, 5.74) is 0.310. The number of ether oxygens (including phenoxy) is 2. The van der Waals surface area contributed by atoms with Crippen molar-refractivity contribution in [2.45, 2.75) is 43.2 Å². The zero-order valence-corrected chi connectivity index (χ0v) is 15.5. The molecule has 1 fully saturated rings. The molecular formula is C17H26N2O5S. The molecule has 0 spiro atoms. The first-order valence-corrected chi connectivity index (χ1v) is 9.94. The van der Waals surface area contributed by atoms with Crippen molar-refractivity contribution in [2.24, 2.45) is 0 Å². The number of benzene rings is 1. The number of carbonyl (C=O) groups excluding carboxylic acids is 1. The molecular weight excluding hydrogens is 344 g/mol. The SMILES string of the molecule is CC[C@H](COC)NC(=O)c1cccc(S(=O)(=O)NC2CCOCC2)c1. The molecule has 1 amide bonds. The Balaban J connectivity index is 2.09. The number of amides is 1. The summed E-state index contributed by atoms with van der Waals surface area (Å²) < 4.78 is 38.1. The molecule has 1 aliphatic heterocycles. The van der Waals surface area contributed by atoms with Crippen molar-refractivity contribution in [2.75, 3.05) is 26.9 Å². The van der Waals surface area contributed by atoms with Crippen molar-refractivity contribution < 1.29 is 22.7 Å². The summed E-state index contributed by atoms with van der Waals surface area (Å²) in [5.74, 6) is -0.313. The van der Waals surface area contributed by atoms with E-state index in [1.807, 2.05) is 6.92 Å². The number of methoxy groups -OCH3 is 1. The molecule has 1 atom stereocenters. The van der Waals surface area contributed by atoms with Crippen LogP contribution in [0, 0.1) is 0 Å². The van der Waals surface area contributed by atoms with E-state index in [1.165, 1.54) is 12.1 Å². The number of hydrogen-bond donors (Lipinski definition) is 2. The van der Waals surface area contributed by atoms with Gasteiger partial charge in [0.25, 0.3) is 5.91 Å². The molecule has 0 unspecified atom stereocenters. The van der Waals surface area contributed by atoms with Crippen LogP contribution in [-0.4, -0.2) is 53.3 Å². The fraction of sp³-hybridized carbons (Fsp3) is 0.588. The fourth-order valence-electron chi connectivity index (χ4n) is 2.64. The summed E-state index contributed by atoms with van der Waals surface area (Å²) in [5, 5.41) is 2.85. The predicted molar refractivity (Wildman–Crippen MR) is 94.0 cm³/mol. The average Bonchev–Trinajstić information content (AvgIpc) is 2.62. The highest BCUT2D eigenvalue weighted by molar-refractivity contribution is 7.89. The van der Waals surface area contributed by atoms with E-state index in [0.29, 0.717) is 38.2 Å². The topological polar surface area (TPSA) is 93.7 Å². The normalized spacial score (nSPS) is 17.2. The van der Waals surface area contributed by atoms with Crippen LogP contribution in [0.1, 0.15) is 36.5 Å². The monoisotopic (exact) mass is 370 g/mol. The molecule has 1 aromatic rings. The van der Waals surface area contributed by atoms with Gasteiger partial charge < -0.3 is 14.8 Å². The van der Waals surface area contributed by atoms with E-state index in [1.54, 1.807) is 19.2 Å². The molecule has 25 heavy (non-hydrogen) atoms. The van der Waals surface area contributed by atoms with Crippen LogP contribution < -0.4 is 10.0 Å². The zero-order chi connectivity index (χ0) is 18.3. The molecule has 0 aromatic heterocycles. The van der Waals surface area contributed by atoms with Crippen molar-refractivity contribution in [3.05, 3.63) is 29.8 Å². The summed E-state index contributed by atoms with van der Waals surface area (Å²) in [6.07, 6.45) is 2.02. The maximum Gasteiger partial charge on any atom is 0.251 e. The highest BCUT2D eigenvalue weighted by atomic mass is 32.2. The first-order chi connectivity index (χ1) is 12.0. The van der Waals surface area contributed by atoms with Crippen LogP contribution in [0.2, 0.25) is 0 Å². The van der Waals surface area contributed by atoms with Crippen LogP contribution in [0.25, 0.3) is 0 Å². The predicted octanol–water partition coefficient (Wildman–Crippen LogP) is 1.30. The molecule has 2 rings (SSSR count). The van der Waals surface area contributed by atoms with Crippen LogP contribution >= 0.6 is 0 Å². The van der Waals surface area contributed by atoms with Gasteiger partial charge >= 0.3 is 0 Å². The van der Waals surface area contributed by atoms with Gasteiger partial charge in [0.1, 0.15) is 0 Å². The third kappa shape index (κ3) is 5.78. The minimum Gasteiger partial charge on any atom is -0.383 e. The Bertz CT molecular complexity index is 671. The number of sulfonamides is 1. The van der Waals surface area contributed by atoms with Crippen LogP contribution in [-0.2, 0) is 19.5 Å². The molecule has 8 heteroatoms. The molecule has 1 saturated heterocycles. The highest BCUT2D eigenvalue weighted by Gasteiger charge is 2.23. The number of rotatable bonds is 8. The van der Waals surface area contributed by atoms with Gasteiger partial charge in [-0.1, -0.05) is 13.0 Å². The molecule has 1 heterocycles. The fourth-order valence-corrected chi connectivity index (χ4v) is 3.99. The summed E-state index contributed by atoms with van der Waals surface area (Å²) in [4.78, 5) is 12.4. The number of nitrogens with one attached hydrogen (secondary N) is 2.